The van der Waals surface area contributed by atoms with Crippen molar-refractivity contribution < 1.29 is 14.3 Å². The van der Waals surface area contributed by atoms with Gasteiger partial charge in [-0.15, -0.1) is 0 Å². The summed E-state index contributed by atoms with van der Waals surface area (Å²) in [6, 6.07) is 7.30. The summed E-state index contributed by atoms with van der Waals surface area (Å²) in [5.41, 5.74) is 2.07. The third-order valence-corrected chi connectivity index (χ3v) is 5.14. The maximum Gasteiger partial charge on any atom is 0.411 e. The second-order valence-electron chi connectivity index (χ2n) is 7.19. The molecule has 1 saturated heterocycles. The van der Waals surface area contributed by atoms with Crippen LogP contribution in [0.25, 0.3) is 0 Å². The van der Waals surface area contributed by atoms with Gasteiger partial charge in [-0.25, -0.2) is 4.79 Å². The molecule has 3 rings (SSSR count). The number of benzene rings is 1. The Morgan fingerprint density at radius 1 is 1.11 bits per heavy atom. The molecule has 0 radical (unpaired) electrons. The number of piperazine rings is 1. The number of ether oxygens (including phenoxy) is 2. The Labute approximate surface area is 167 Å². The highest BCUT2D eigenvalue weighted by atomic mass is 16.5. The fraction of sp³-hybridized carbons (Fsp3) is 0.500. The van der Waals surface area contributed by atoms with E-state index < -0.39 is 6.09 Å². The fourth-order valence-electron chi connectivity index (χ4n) is 3.56. The van der Waals surface area contributed by atoms with Gasteiger partial charge in [0.25, 0.3) is 0 Å². The molecule has 0 aromatic heterocycles. The predicted molar refractivity (Wildman–Crippen MR) is 112 cm³/mol. The Balaban J connectivity index is 1.28. The molecule has 1 fully saturated rings. The summed E-state index contributed by atoms with van der Waals surface area (Å²) >= 11 is 0. The van der Waals surface area contributed by atoms with Crippen LogP contribution < -0.4 is 10.1 Å². The lowest BCUT2D eigenvalue weighted by molar-refractivity contribution is 0.123. The molecule has 28 heavy (non-hydrogen) atoms. The Morgan fingerprint density at radius 2 is 1.89 bits per heavy atom. The summed E-state index contributed by atoms with van der Waals surface area (Å²) in [6.07, 6.45) is 9.65. The molecule has 1 aliphatic carbocycles. The highest BCUT2D eigenvalue weighted by molar-refractivity contribution is 5.86. The van der Waals surface area contributed by atoms with E-state index in [1.165, 1.54) is 18.4 Å². The van der Waals surface area contributed by atoms with E-state index in [1.807, 2.05) is 12.1 Å². The maximum absolute atomic E-state index is 11.9. The van der Waals surface area contributed by atoms with Gasteiger partial charge in [0.2, 0.25) is 0 Å². The van der Waals surface area contributed by atoms with Crippen LogP contribution in [0.2, 0.25) is 0 Å². The van der Waals surface area contributed by atoms with E-state index in [9.17, 15) is 4.79 Å². The molecule has 2 aliphatic rings. The summed E-state index contributed by atoms with van der Waals surface area (Å²) < 4.78 is 10.5. The molecule has 1 aromatic carbocycles. The zero-order valence-corrected chi connectivity index (χ0v) is 16.7. The van der Waals surface area contributed by atoms with Crippen LogP contribution in [0.15, 0.2) is 48.1 Å². The van der Waals surface area contributed by atoms with Crippen LogP contribution in [0.1, 0.15) is 19.3 Å². The number of amides is 1. The van der Waals surface area contributed by atoms with E-state index >= 15 is 0 Å². The first kappa shape index (κ1) is 20.4. The quantitative estimate of drug-likeness (QED) is 0.694. The SMILES string of the molecule is COc1ccccc1NC(=O)OCCCN1CCN(CC2=CCCC=C2)CC1. The van der Waals surface area contributed by atoms with Gasteiger partial charge in [-0.05, 0) is 37.0 Å². The second kappa shape index (κ2) is 10.9. The van der Waals surface area contributed by atoms with Gasteiger partial charge in [0, 0.05) is 39.3 Å². The van der Waals surface area contributed by atoms with Gasteiger partial charge in [-0.2, -0.15) is 0 Å². The van der Waals surface area contributed by atoms with Crippen molar-refractivity contribution in [3.05, 3.63) is 48.1 Å². The van der Waals surface area contributed by atoms with Gasteiger partial charge in [0.1, 0.15) is 5.75 Å². The van der Waals surface area contributed by atoms with Crippen molar-refractivity contribution in [3.8, 4) is 5.75 Å². The summed E-state index contributed by atoms with van der Waals surface area (Å²) in [7, 11) is 1.58. The normalized spacial score (nSPS) is 17.8. The maximum atomic E-state index is 11.9. The van der Waals surface area contributed by atoms with E-state index in [0.29, 0.717) is 18.0 Å². The molecule has 1 aromatic rings. The van der Waals surface area contributed by atoms with Crippen LogP contribution in [-0.2, 0) is 4.74 Å². The zero-order chi connectivity index (χ0) is 19.6. The van der Waals surface area contributed by atoms with Gasteiger partial charge in [-0.3, -0.25) is 10.2 Å². The van der Waals surface area contributed by atoms with Gasteiger partial charge < -0.3 is 14.4 Å². The topological polar surface area (TPSA) is 54.0 Å². The first-order valence-corrected chi connectivity index (χ1v) is 10.1. The van der Waals surface area contributed by atoms with Crippen molar-refractivity contribution in [2.45, 2.75) is 19.3 Å². The molecule has 0 spiro atoms. The average Bonchev–Trinajstić information content (AvgIpc) is 2.73. The number of nitrogens with one attached hydrogen (secondary N) is 1. The zero-order valence-electron chi connectivity index (χ0n) is 16.7. The molecule has 1 heterocycles. The third-order valence-electron chi connectivity index (χ3n) is 5.14. The van der Waals surface area contributed by atoms with Crippen molar-refractivity contribution in [3.63, 3.8) is 0 Å². The third kappa shape index (κ3) is 6.39. The van der Waals surface area contributed by atoms with Crippen molar-refractivity contribution in [2.75, 3.05) is 58.3 Å². The molecular formula is C22H31N3O3. The van der Waals surface area contributed by atoms with Crippen LogP contribution in [0, 0.1) is 0 Å². The first-order chi connectivity index (χ1) is 13.7. The summed E-state index contributed by atoms with van der Waals surface area (Å²) in [4.78, 5) is 16.9. The highest BCUT2D eigenvalue weighted by Gasteiger charge is 2.17. The number of hydrogen-bond acceptors (Lipinski definition) is 5. The van der Waals surface area contributed by atoms with Crippen molar-refractivity contribution in [1.29, 1.82) is 0 Å². The minimum Gasteiger partial charge on any atom is -0.495 e. The largest absolute Gasteiger partial charge is 0.495 e. The Kier molecular flexibility index (Phi) is 7.94. The number of rotatable bonds is 8. The fourth-order valence-corrected chi connectivity index (χ4v) is 3.56. The summed E-state index contributed by atoms with van der Waals surface area (Å²) in [5.74, 6) is 0.622. The molecule has 152 valence electrons. The summed E-state index contributed by atoms with van der Waals surface area (Å²) in [6.45, 7) is 6.78. The van der Waals surface area contributed by atoms with Crippen molar-refractivity contribution >= 4 is 11.8 Å². The molecule has 1 N–H and O–H groups in total. The predicted octanol–water partition coefficient (Wildman–Crippen LogP) is 3.53. The summed E-state index contributed by atoms with van der Waals surface area (Å²) in [5, 5.41) is 2.73. The first-order valence-electron chi connectivity index (χ1n) is 10.1. The van der Waals surface area contributed by atoms with Crippen molar-refractivity contribution in [2.24, 2.45) is 0 Å². The smallest absolute Gasteiger partial charge is 0.411 e. The van der Waals surface area contributed by atoms with E-state index in [2.05, 4.69) is 33.3 Å². The van der Waals surface area contributed by atoms with Gasteiger partial charge in [-0.1, -0.05) is 30.4 Å². The van der Waals surface area contributed by atoms with E-state index in [1.54, 1.807) is 19.2 Å². The average molecular weight is 386 g/mol. The lowest BCUT2D eigenvalue weighted by Gasteiger charge is -2.35. The minimum atomic E-state index is -0.442. The lowest BCUT2D eigenvalue weighted by atomic mass is 10.1. The van der Waals surface area contributed by atoms with E-state index in [4.69, 9.17) is 9.47 Å². The lowest BCUT2D eigenvalue weighted by Crippen LogP contribution is -2.47. The second-order valence-corrected chi connectivity index (χ2v) is 7.19. The molecule has 6 nitrogen and oxygen atoms in total. The van der Waals surface area contributed by atoms with Crippen LogP contribution in [0.5, 0.6) is 5.75 Å². The number of anilines is 1. The van der Waals surface area contributed by atoms with Crippen LogP contribution >= 0.6 is 0 Å². The van der Waals surface area contributed by atoms with Crippen LogP contribution in [-0.4, -0.2) is 68.9 Å². The standard InChI is InChI=1S/C22H31N3O3/c1-27-21-11-6-5-10-20(21)23-22(26)28-17-7-12-24-13-15-25(16-14-24)18-19-8-3-2-4-9-19/h3,5-6,8-11H,2,4,7,12-18H2,1H3,(H,23,26). The molecule has 6 heteroatoms. The Bertz CT molecular complexity index is 694. The van der Waals surface area contributed by atoms with Crippen molar-refractivity contribution in [1.82, 2.24) is 9.80 Å². The Morgan fingerprint density at radius 3 is 2.64 bits per heavy atom. The number of methoxy groups -OCH3 is 1. The van der Waals surface area contributed by atoms with E-state index in [-0.39, 0.29) is 0 Å². The molecular weight excluding hydrogens is 354 g/mol. The van der Waals surface area contributed by atoms with Crippen LogP contribution in [0.3, 0.4) is 0 Å². The molecule has 0 unspecified atom stereocenters. The molecule has 1 aliphatic heterocycles. The number of carbonyl (C=O) groups excluding carboxylic acids is 1. The molecule has 0 bridgehead atoms. The highest BCUT2D eigenvalue weighted by Crippen LogP contribution is 2.23. The molecule has 0 atom stereocenters. The number of nitrogens with zero attached hydrogens (tertiary/aromatic N) is 2. The molecule has 0 saturated carbocycles. The van der Waals surface area contributed by atoms with Crippen LogP contribution in [0.4, 0.5) is 10.5 Å². The Hall–Kier alpha value is -2.31. The molecule has 1 amide bonds. The minimum absolute atomic E-state index is 0.416. The number of carbonyl (C=O) groups is 1. The van der Waals surface area contributed by atoms with Gasteiger partial charge in [0.05, 0.1) is 19.4 Å². The van der Waals surface area contributed by atoms with E-state index in [0.717, 1.165) is 45.7 Å². The van der Waals surface area contributed by atoms with Gasteiger partial charge in [0.15, 0.2) is 0 Å². The number of allylic oxidation sites excluding steroid dienone is 2. The number of hydrogen-bond donors (Lipinski definition) is 1. The van der Waals surface area contributed by atoms with Gasteiger partial charge >= 0.3 is 6.09 Å². The number of para-hydroxylation sites is 2. The monoisotopic (exact) mass is 385 g/mol.